The lowest BCUT2D eigenvalue weighted by molar-refractivity contribution is 0.108. The van der Waals surface area contributed by atoms with Crippen molar-refractivity contribution in [2.75, 3.05) is 44.2 Å². The second-order valence-corrected chi connectivity index (χ2v) is 11.7. The van der Waals surface area contributed by atoms with E-state index in [0.29, 0.717) is 53.8 Å². The molecule has 3 saturated heterocycles. The van der Waals surface area contributed by atoms with Gasteiger partial charge in [-0.25, -0.2) is 8.78 Å². The highest BCUT2D eigenvalue weighted by Crippen LogP contribution is 2.40. The monoisotopic (exact) mass is 584 g/mol. The molecule has 0 bridgehead atoms. The summed E-state index contributed by atoms with van der Waals surface area (Å²) in [6, 6.07) is 10.1. The molecule has 11 heteroatoms. The van der Waals surface area contributed by atoms with Crippen LogP contribution in [-0.4, -0.2) is 70.6 Å². The van der Waals surface area contributed by atoms with Gasteiger partial charge in [-0.05, 0) is 56.6 Å². The molecule has 4 N–H and O–H groups in total. The fourth-order valence-corrected chi connectivity index (χ4v) is 6.99. The number of anilines is 1. The van der Waals surface area contributed by atoms with E-state index in [1.165, 1.54) is 6.07 Å². The predicted octanol–water partition coefficient (Wildman–Crippen LogP) is 4.75. The molecule has 222 valence electrons. The minimum Gasteiger partial charge on any atom is -0.461 e. The van der Waals surface area contributed by atoms with Crippen LogP contribution in [0, 0.1) is 17.0 Å². The predicted molar refractivity (Wildman–Crippen MR) is 163 cm³/mol. The second kappa shape index (κ2) is 11.0. The van der Waals surface area contributed by atoms with Gasteiger partial charge in [0.15, 0.2) is 5.82 Å². The Hall–Kier alpha value is -4.38. The van der Waals surface area contributed by atoms with E-state index in [4.69, 9.17) is 20.9 Å². The van der Waals surface area contributed by atoms with E-state index in [-0.39, 0.29) is 28.6 Å². The van der Waals surface area contributed by atoms with Gasteiger partial charge in [-0.3, -0.25) is 15.3 Å². The molecule has 43 heavy (non-hydrogen) atoms. The van der Waals surface area contributed by atoms with Crippen LogP contribution in [0.4, 0.5) is 14.6 Å². The van der Waals surface area contributed by atoms with Crippen LogP contribution in [0.1, 0.15) is 32.1 Å². The summed E-state index contributed by atoms with van der Waals surface area (Å²) in [4.78, 5) is 18.5. The molecule has 2 aromatic carbocycles. The summed E-state index contributed by atoms with van der Waals surface area (Å²) in [5.74, 6) is -0.666. The number of rotatable bonds is 6. The maximum absolute atomic E-state index is 16.6. The standard InChI is InChI=1S/C32H34F2N8O/c33-24-9-2-7-20-6-1-8-22(26(20)24)28-27(34)29-23(17-38-28)30(41-13-5-12-37-21(18-41)16-25(35)36)40-31(39-29)43-19-32-10-3-14-42(32)15-4-11-32/h1-2,6-9,16-17,37H,3-5,10-15,18-19H2,(H3,35,36)/b21-16-. The largest absolute Gasteiger partial charge is 0.461 e. The van der Waals surface area contributed by atoms with Crippen molar-refractivity contribution in [2.45, 2.75) is 37.6 Å². The number of benzene rings is 2. The first-order valence-electron chi connectivity index (χ1n) is 14.9. The molecule has 0 spiro atoms. The number of halogens is 2. The summed E-state index contributed by atoms with van der Waals surface area (Å²) < 4.78 is 38.0. The van der Waals surface area contributed by atoms with Crippen molar-refractivity contribution in [1.29, 1.82) is 5.41 Å². The third kappa shape index (κ3) is 5.01. The number of amidine groups is 1. The van der Waals surface area contributed by atoms with Gasteiger partial charge in [0.2, 0.25) is 0 Å². The first-order valence-corrected chi connectivity index (χ1v) is 14.9. The molecular weight excluding hydrogens is 550 g/mol. The molecule has 0 aliphatic carbocycles. The number of aromatic nitrogens is 3. The van der Waals surface area contributed by atoms with E-state index in [0.717, 1.165) is 50.9 Å². The number of nitrogens with one attached hydrogen (secondary N) is 2. The summed E-state index contributed by atoms with van der Waals surface area (Å²) in [5.41, 5.74) is 6.84. The molecule has 0 saturated carbocycles. The number of hydrogen-bond donors (Lipinski definition) is 3. The van der Waals surface area contributed by atoms with Crippen molar-refractivity contribution in [3.05, 3.63) is 66.0 Å². The van der Waals surface area contributed by atoms with Crippen molar-refractivity contribution in [1.82, 2.24) is 25.2 Å². The van der Waals surface area contributed by atoms with Crippen LogP contribution in [-0.2, 0) is 0 Å². The zero-order valence-corrected chi connectivity index (χ0v) is 23.9. The third-order valence-electron chi connectivity index (χ3n) is 8.98. The third-order valence-corrected chi connectivity index (χ3v) is 8.98. The summed E-state index contributed by atoms with van der Waals surface area (Å²) >= 11 is 0. The molecule has 9 nitrogen and oxygen atoms in total. The molecule has 7 rings (SSSR count). The van der Waals surface area contributed by atoms with Gasteiger partial charge in [-0.15, -0.1) is 0 Å². The van der Waals surface area contributed by atoms with E-state index in [1.54, 1.807) is 42.6 Å². The first-order chi connectivity index (χ1) is 20.9. The lowest BCUT2D eigenvalue weighted by Crippen LogP contribution is -2.43. The molecule has 3 aliphatic heterocycles. The van der Waals surface area contributed by atoms with Gasteiger partial charge in [0.25, 0.3) is 0 Å². The van der Waals surface area contributed by atoms with Crippen molar-refractivity contribution in [2.24, 2.45) is 5.73 Å². The molecule has 0 atom stereocenters. The van der Waals surface area contributed by atoms with E-state index in [1.807, 2.05) is 4.90 Å². The van der Waals surface area contributed by atoms with E-state index < -0.39 is 11.6 Å². The van der Waals surface area contributed by atoms with Gasteiger partial charge in [-0.1, -0.05) is 30.3 Å². The van der Waals surface area contributed by atoms with Crippen LogP contribution in [0.3, 0.4) is 0 Å². The van der Waals surface area contributed by atoms with Crippen molar-refractivity contribution in [3.8, 4) is 17.3 Å². The summed E-state index contributed by atoms with van der Waals surface area (Å²) in [6.07, 6.45) is 8.30. The van der Waals surface area contributed by atoms with Gasteiger partial charge >= 0.3 is 6.01 Å². The van der Waals surface area contributed by atoms with Gasteiger partial charge in [0.1, 0.15) is 35.3 Å². The van der Waals surface area contributed by atoms with Crippen molar-refractivity contribution in [3.63, 3.8) is 0 Å². The van der Waals surface area contributed by atoms with Crippen LogP contribution in [0.25, 0.3) is 32.9 Å². The maximum Gasteiger partial charge on any atom is 0.319 e. The molecule has 0 radical (unpaired) electrons. The minimum atomic E-state index is -0.657. The van der Waals surface area contributed by atoms with E-state index >= 15 is 8.78 Å². The Labute approximate surface area is 248 Å². The molecule has 5 heterocycles. The summed E-state index contributed by atoms with van der Waals surface area (Å²) in [7, 11) is 0. The highest BCUT2D eigenvalue weighted by Gasteiger charge is 2.45. The topological polar surface area (TPSA) is 116 Å². The molecular formula is C32H34F2N8O. The molecule has 0 unspecified atom stereocenters. The Morgan fingerprint density at radius 2 is 1.86 bits per heavy atom. The zero-order chi connectivity index (χ0) is 29.6. The summed E-state index contributed by atoms with van der Waals surface area (Å²) in [6.45, 7) is 4.27. The van der Waals surface area contributed by atoms with Crippen molar-refractivity contribution >= 4 is 33.3 Å². The minimum absolute atomic E-state index is 0.0184. The summed E-state index contributed by atoms with van der Waals surface area (Å²) in [5, 5.41) is 12.5. The fraction of sp³-hybridized carbons (Fsp3) is 0.375. The van der Waals surface area contributed by atoms with Crippen LogP contribution < -0.4 is 20.7 Å². The van der Waals surface area contributed by atoms with E-state index in [2.05, 4.69) is 20.2 Å². The van der Waals surface area contributed by atoms with Gasteiger partial charge < -0.3 is 20.7 Å². The average Bonchev–Trinajstić information content (AvgIpc) is 3.49. The van der Waals surface area contributed by atoms with Gasteiger partial charge in [0.05, 0.1) is 17.5 Å². The van der Waals surface area contributed by atoms with Crippen LogP contribution in [0.15, 0.2) is 54.4 Å². The van der Waals surface area contributed by atoms with Gasteiger partial charge in [-0.2, -0.15) is 9.97 Å². The molecule has 4 aromatic rings. The second-order valence-electron chi connectivity index (χ2n) is 11.7. The van der Waals surface area contributed by atoms with Crippen LogP contribution in [0.2, 0.25) is 0 Å². The van der Waals surface area contributed by atoms with Crippen LogP contribution >= 0.6 is 0 Å². The SMILES string of the molecule is N=C(N)/C=C1/CN(c2nc(OCC34CCCN3CCC4)nc3c(F)c(-c4cccc5cccc(F)c45)ncc23)CCCN1. The Balaban J connectivity index is 1.36. The fourth-order valence-electron chi connectivity index (χ4n) is 6.99. The van der Waals surface area contributed by atoms with Gasteiger partial charge in [0, 0.05) is 42.0 Å². The maximum atomic E-state index is 16.6. The molecule has 3 fully saturated rings. The number of hydrogen-bond acceptors (Lipinski definition) is 8. The number of nitrogens with two attached hydrogens (primary N) is 1. The zero-order valence-electron chi connectivity index (χ0n) is 23.9. The number of pyridine rings is 1. The lowest BCUT2D eigenvalue weighted by Gasteiger charge is -2.31. The Morgan fingerprint density at radius 3 is 2.65 bits per heavy atom. The number of ether oxygens (including phenoxy) is 1. The molecule has 2 aromatic heterocycles. The lowest BCUT2D eigenvalue weighted by atomic mass is 9.95. The normalized spacial score (nSPS) is 19.5. The smallest absolute Gasteiger partial charge is 0.319 e. The highest BCUT2D eigenvalue weighted by atomic mass is 19.1. The van der Waals surface area contributed by atoms with Crippen molar-refractivity contribution < 1.29 is 13.5 Å². The average molecular weight is 585 g/mol. The van der Waals surface area contributed by atoms with E-state index in [9.17, 15) is 0 Å². The Bertz CT molecular complexity index is 1740. The first kappa shape index (κ1) is 27.5. The number of nitrogens with zero attached hydrogens (tertiary/aromatic N) is 5. The van der Waals surface area contributed by atoms with Crippen LogP contribution in [0.5, 0.6) is 6.01 Å². The molecule has 0 amide bonds. The number of fused-ring (bicyclic) bond motifs is 3. The Morgan fingerprint density at radius 1 is 1.07 bits per heavy atom. The Kier molecular flexibility index (Phi) is 7.04. The molecule has 3 aliphatic rings. The quantitative estimate of drug-likeness (QED) is 0.220. The highest BCUT2D eigenvalue weighted by molar-refractivity contribution is 5.99.